The molecule has 0 unspecified atom stereocenters. The maximum absolute atomic E-state index is 12.8. The summed E-state index contributed by atoms with van der Waals surface area (Å²) in [6, 6.07) is 4.59. The minimum absolute atomic E-state index is 0.0654. The van der Waals surface area contributed by atoms with Crippen LogP contribution in [0.5, 0.6) is 0 Å². The number of carbonyl (C=O) groups excluding carboxylic acids is 2. The number of anilines is 1. The number of rotatable bonds is 8. The molecule has 0 saturated carbocycles. The third-order valence-corrected chi connectivity index (χ3v) is 6.63. The fourth-order valence-electron chi connectivity index (χ4n) is 3.32. The highest BCUT2D eigenvalue weighted by atomic mass is 35.5. The zero-order chi connectivity index (χ0) is 22.4. The van der Waals surface area contributed by atoms with Gasteiger partial charge in [0.05, 0.1) is 16.6 Å². The van der Waals surface area contributed by atoms with E-state index in [1.54, 1.807) is 28.5 Å². The normalized spacial score (nSPS) is 14.1. The molecule has 2 N–H and O–H groups in total. The Morgan fingerprint density at radius 2 is 1.97 bits per heavy atom. The van der Waals surface area contributed by atoms with Gasteiger partial charge in [-0.25, -0.2) is 9.78 Å². The number of nitrogens with zero attached hydrogens (tertiary/aromatic N) is 3. The monoisotopic (exact) mass is 483 g/mol. The summed E-state index contributed by atoms with van der Waals surface area (Å²) >= 11 is 13.3. The third-order valence-electron chi connectivity index (χ3n) is 5.06. The lowest BCUT2D eigenvalue weighted by Gasteiger charge is -2.26. The fraction of sp³-hybridized carbons (Fsp3) is 0.476. The number of nitrogens with one attached hydrogen (secondary N) is 2. The van der Waals surface area contributed by atoms with Crippen LogP contribution in [-0.4, -0.2) is 58.9 Å². The molecule has 3 amide bonds. The Kier molecular flexibility index (Phi) is 8.54. The van der Waals surface area contributed by atoms with Crippen molar-refractivity contribution in [3.05, 3.63) is 44.3 Å². The first-order valence-electron chi connectivity index (χ1n) is 10.3. The van der Waals surface area contributed by atoms with Crippen molar-refractivity contribution in [3.8, 4) is 0 Å². The van der Waals surface area contributed by atoms with Gasteiger partial charge in [-0.05, 0) is 58.0 Å². The van der Waals surface area contributed by atoms with E-state index in [4.69, 9.17) is 23.2 Å². The molecule has 1 aromatic carbocycles. The highest BCUT2D eigenvalue weighted by Gasteiger charge is 2.21. The van der Waals surface area contributed by atoms with E-state index in [9.17, 15) is 9.59 Å². The van der Waals surface area contributed by atoms with Crippen LogP contribution in [0.15, 0.2) is 23.6 Å². The van der Waals surface area contributed by atoms with Gasteiger partial charge >= 0.3 is 6.03 Å². The molecule has 0 spiro atoms. The Balaban J connectivity index is 1.55. The summed E-state index contributed by atoms with van der Waals surface area (Å²) in [6.07, 6.45) is 2.46. The molecular weight excluding hydrogens is 457 g/mol. The minimum atomic E-state index is -0.278. The van der Waals surface area contributed by atoms with Crippen molar-refractivity contribution in [2.75, 3.05) is 31.5 Å². The number of halogens is 2. The molecule has 7 nitrogen and oxygen atoms in total. The Hall–Kier alpha value is -1.87. The van der Waals surface area contributed by atoms with Gasteiger partial charge in [0.25, 0.3) is 5.91 Å². The number of hydrogen-bond donors (Lipinski definition) is 2. The van der Waals surface area contributed by atoms with Crippen LogP contribution >= 0.6 is 34.5 Å². The molecule has 1 fully saturated rings. The van der Waals surface area contributed by atoms with Gasteiger partial charge in [-0.1, -0.05) is 23.2 Å². The van der Waals surface area contributed by atoms with E-state index in [1.807, 2.05) is 13.8 Å². The van der Waals surface area contributed by atoms with Crippen LogP contribution in [0.3, 0.4) is 0 Å². The standard InChI is InChI=1S/C21H27Cl2N5O2S/c1-14(2)28(21(30)25-15-5-6-16(22)17(23)11-15)12-19-26-18(13-31-19)20(29)24-7-10-27-8-3-4-9-27/h5-6,11,13-14H,3-4,7-10,12H2,1-2H3,(H,24,29)(H,25,30). The predicted octanol–water partition coefficient (Wildman–Crippen LogP) is 4.72. The van der Waals surface area contributed by atoms with Crippen molar-refractivity contribution in [2.45, 2.75) is 39.3 Å². The Morgan fingerprint density at radius 3 is 2.65 bits per heavy atom. The van der Waals surface area contributed by atoms with Crippen LogP contribution in [0.25, 0.3) is 0 Å². The van der Waals surface area contributed by atoms with E-state index < -0.39 is 0 Å². The molecule has 1 aromatic heterocycles. The molecule has 1 aliphatic rings. The van der Waals surface area contributed by atoms with E-state index in [1.165, 1.54) is 24.2 Å². The van der Waals surface area contributed by atoms with Crippen molar-refractivity contribution in [3.63, 3.8) is 0 Å². The van der Waals surface area contributed by atoms with Gasteiger partial charge in [0.15, 0.2) is 0 Å². The number of carbonyl (C=O) groups is 2. The zero-order valence-corrected chi connectivity index (χ0v) is 20.0. The van der Waals surface area contributed by atoms with Gasteiger partial charge in [0, 0.05) is 30.2 Å². The highest BCUT2D eigenvalue weighted by Crippen LogP contribution is 2.25. The summed E-state index contributed by atoms with van der Waals surface area (Å²) < 4.78 is 0. The van der Waals surface area contributed by atoms with Crippen molar-refractivity contribution >= 4 is 52.2 Å². The molecule has 0 aliphatic carbocycles. The number of thiazole rings is 1. The first-order valence-corrected chi connectivity index (χ1v) is 11.9. The average Bonchev–Trinajstić information content (AvgIpc) is 3.40. The second kappa shape index (κ2) is 11.1. The van der Waals surface area contributed by atoms with E-state index in [0.717, 1.165) is 19.6 Å². The van der Waals surface area contributed by atoms with Gasteiger partial charge in [-0.2, -0.15) is 0 Å². The van der Waals surface area contributed by atoms with Crippen LogP contribution < -0.4 is 10.6 Å². The second-order valence-corrected chi connectivity index (χ2v) is 9.47. The van der Waals surface area contributed by atoms with Crippen molar-refractivity contribution in [1.29, 1.82) is 0 Å². The molecule has 3 rings (SSSR count). The van der Waals surface area contributed by atoms with Crippen molar-refractivity contribution < 1.29 is 9.59 Å². The molecule has 0 bridgehead atoms. The Morgan fingerprint density at radius 1 is 1.23 bits per heavy atom. The lowest BCUT2D eigenvalue weighted by molar-refractivity contribution is 0.0945. The van der Waals surface area contributed by atoms with Gasteiger partial charge in [0.1, 0.15) is 10.7 Å². The number of aromatic nitrogens is 1. The number of benzene rings is 1. The van der Waals surface area contributed by atoms with Crippen LogP contribution in [0.2, 0.25) is 10.0 Å². The van der Waals surface area contributed by atoms with Crippen LogP contribution in [0.4, 0.5) is 10.5 Å². The molecule has 10 heteroatoms. The molecule has 0 atom stereocenters. The number of hydrogen-bond acceptors (Lipinski definition) is 5. The Bertz CT molecular complexity index is 915. The van der Waals surface area contributed by atoms with E-state index in [2.05, 4.69) is 20.5 Å². The SMILES string of the molecule is CC(C)N(Cc1nc(C(=O)NCCN2CCCC2)cs1)C(=O)Nc1ccc(Cl)c(Cl)c1. The molecule has 2 aromatic rings. The summed E-state index contributed by atoms with van der Waals surface area (Å²) in [6.45, 7) is 7.82. The smallest absolute Gasteiger partial charge is 0.322 e. The van der Waals surface area contributed by atoms with Gasteiger partial charge in [-0.15, -0.1) is 11.3 Å². The quantitative estimate of drug-likeness (QED) is 0.569. The molecule has 1 aliphatic heterocycles. The van der Waals surface area contributed by atoms with Crippen molar-refractivity contribution in [2.24, 2.45) is 0 Å². The lowest BCUT2D eigenvalue weighted by Crippen LogP contribution is -2.39. The topological polar surface area (TPSA) is 77.6 Å². The molecule has 2 heterocycles. The number of likely N-dealkylation sites (tertiary alicyclic amines) is 1. The van der Waals surface area contributed by atoms with E-state index in [0.29, 0.717) is 39.5 Å². The molecule has 31 heavy (non-hydrogen) atoms. The summed E-state index contributed by atoms with van der Waals surface area (Å²) in [5.74, 6) is -0.182. The maximum Gasteiger partial charge on any atom is 0.322 e. The zero-order valence-electron chi connectivity index (χ0n) is 17.7. The first-order chi connectivity index (χ1) is 14.8. The van der Waals surface area contributed by atoms with E-state index >= 15 is 0 Å². The second-order valence-electron chi connectivity index (χ2n) is 7.71. The third kappa shape index (κ3) is 6.80. The number of urea groups is 1. The summed E-state index contributed by atoms with van der Waals surface area (Å²) in [4.78, 5) is 33.6. The van der Waals surface area contributed by atoms with Gasteiger partial charge < -0.3 is 20.4 Å². The first kappa shape index (κ1) is 23.8. The largest absolute Gasteiger partial charge is 0.349 e. The van der Waals surface area contributed by atoms with Crippen molar-refractivity contribution in [1.82, 2.24) is 20.1 Å². The summed E-state index contributed by atoms with van der Waals surface area (Å²) in [5.41, 5.74) is 0.942. The Labute approximate surface area is 196 Å². The molecule has 168 valence electrons. The summed E-state index contributed by atoms with van der Waals surface area (Å²) in [5, 5.41) is 8.99. The minimum Gasteiger partial charge on any atom is -0.349 e. The summed E-state index contributed by atoms with van der Waals surface area (Å²) in [7, 11) is 0. The molecule has 1 saturated heterocycles. The van der Waals surface area contributed by atoms with Crippen LogP contribution in [0, 0.1) is 0 Å². The molecule has 0 radical (unpaired) electrons. The van der Waals surface area contributed by atoms with Crippen LogP contribution in [-0.2, 0) is 6.54 Å². The molecular formula is C21H27Cl2N5O2S. The van der Waals surface area contributed by atoms with Gasteiger partial charge in [0.2, 0.25) is 0 Å². The number of amides is 3. The average molecular weight is 484 g/mol. The van der Waals surface area contributed by atoms with Gasteiger partial charge in [-0.3, -0.25) is 4.79 Å². The predicted molar refractivity (Wildman–Crippen MR) is 126 cm³/mol. The maximum atomic E-state index is 12.8. The van der Waals surface area contributed by atoms with Crippen LogP contribution in [0.1, 0.15) is 42.2 Å². The highest BCUT2D eigenvalue weighted by molar-refractivity contribution is 7.09. The fourth-order valence-corrected chi connectivity index (χ4v) is 4.39. The van der Waals surface area contributed by atoms with E-state index in [-0.39, 0.29) is 18.0 Å². The lowest BCUT2D eigenvalue weighted by atomic mass is 10.3.